The van der Waals surface area contributed by atoms with E-state index in [1.807, 2.05) is 36.1 Å². The number of carbonyl (C=O) groups is 1. The van der Waals surface area contributed by atoms with E-state index >= 15 is 0 Å². The van der Waals surface area contributed by atoms with Gasteiger partial charge in [0.2, 0.25) is 5.91 Å². The summed E-state index contributed by atoms with van der Waals surface area (Å²) < 4.78 is 7.05. The maximum absolute atomic E-state index is 13.1. The molecule has 1 amide bonds. The highest BCUT2D eigenvalue weighted by molar-refractivity contribution is 6.30. The molecule has 7 heteroatoms. The summed E-state index contributed by atoms with van der Waals surface area (Å²) in [6, 6.07) is 11.7. The lowest BCUT2D eigenvalue weighted by Gasteiger charge is -2.33. The molecular formula is C25H24ClN3O3. The topological polar surface area (TPSA) is 68.3 Å². The molecule has 3 heterocycles. The number of fused-ring (bicyclic) bond motifs is 3. The van der Waals surface area contributed by atoms with Crippen LogP contribution in [0.1, 0.15) is 35.4 Å². The number of hydrogen-bond acceptors (Lipinski definition) is 4. The minimum absolute atomic E-state index is 0.00492. The zero-order valence-electron chi connectivity index (χ0n) is 18.1. The molecule has 0 bridgehead atoms. The summed E-state index contributed by atoms with van der Waals surface area (Å²) in [6.45, 7) is 5.56. The van der Waals surface area contributed by atoms with Gasteiger partial charge in [-0.3, -0.25) is 9.48 Å². The number of aromatic nitrogens is 2. The maximum atomic E-state index is 13.1. The van der Waals surface area contributed by atoms with Crippen LogP contribution in [0.2, 0.25) is 5.02 Å². The highest BCUT2D eigenvalue weighted by Crippen LogP contribution is 2.32. The summed E-state index contributed by atoms with van der Waals surface area (Å²) in [7, 11) is 0. The van der Waals surface area contributed by atoms with Crippen molar-refractivity contribution in [1.29, 1.82) is 0 Å². The number of hydrogen-bond donors (Lipinski definition) is 0. The van der Waals surface area contributed by atoms with Crippen molar-refractivity contribution in [2.75, 3.05) is 13.1 Å². The van der Waals surface area contributed by atoms with Crippen molar-refractivity contribution < 1.29 is 9.21 Å². The molecule has 164 valence electrons. The van der Waals surface area contributed by atoms with Crippen LogP contribution < -0.4 is 5.63 Å². The number of rotatable bonds is 3. The average Bonchev–Trinajstić information content (AvgIpc) is 3.21. The summed E-state index contributed by atoms with van der Waals surface area (Å²) in [5, 5.41) is 6.29. The van der Waals surface area contributed by atoms with Crippen molar-refractivity contribution >= 4 is 39.4 Å². The Hall–Kier alpha value is -3.12. The second kappa shape index (κ2) is 8.10. The standard InChI is InChI=1S/C25H24ClN3O3/c1-15-3-6-22-20(11-15)24-21(25(31)32-22)13-27-29(24)14-23(30)28-9-7-17(8-10-28)19-12-18(26)5-4-16(19)2/h3-6,11-13,17H,7-10,14H2,1-2H3. The highest BCUT2D eigenvalue weighted by atomic mass is 35.5. The number of amides is 1. The molecule has 1 aliphatic heterocycles. The van der Waals surface area contributed by atoms with Crippen molar-refractivity contribution in [3.63, 3.8) is 0 Å². The number of likely N-dealkylation sites (tertiary alicyclic amines) is 1. The number of nitrogens with zero attached hydrogens (tertiary/aromatic N) is 3. The van der Waals surface area contributed by atoms with E-state index in [9.17, 15) is 9.59 Å². The van der Waals surface area contributed by atoms with Gasteiger partial charge in [0.25, 0.3) is 0 Å². The molecule has 5 rings (SSSR count). The molecule has 1 saturated heterocycles. The smallest absolute Gasteiger partial charge is 0.347 e. The fourth-order valence-electron chi connectivity index (χ4n) is 4.73. The molecule has 0 atom stereocenters. The van der Waals surface area contributed by atoms with Crippen LogP contribution in [-0.4, -0.2) is 33.7 Å². The van der Waals surface area contributed by atoms with Crippen LogP contribution in [0, 0.1) is 13.8 Å². The third-order valence-electron chi connectivity index (χ3n) is 6.47. The van der Waals surface area contributed by atoms with Gasteiger partial charge in [-0.25, -0.2) is 4.79 Å². The molecule has 2 aromatic carbocycles. The molecule has 1 fully saturated rings. The van der Waals surface area contributed by atoms with Gasteiger partial charge in [0, 0.05) is 23.5 Å². The number of benzene rings is 2. The van der Waals surface area contributed by atoms with Gasteiger partial charge < -0.3 is 9.32 Å². The van der Waals surface area contributed by atoms with Crippen molar-refractivity contribution in [3.05, 3.63) is 74.7 Å². The van der Waals surface area contributed by atoms with Gasteiger partial charge in [0.1, 0.15) is 17.5 Å². The van der Waals surface area contributed by atoms with Crippen LogP contribution in [0.3, 0.4) is 0 Å². The SMILES string of the molecule is Cc1ccc2oc(=O)c3cnn(CC(=O)N4CCC(c5cc(Cl)ccc5C)CC4)c3c2c1. The van der Waals surface area contributed by atoms with Crippen LogP contribution in [0.4, 0.5) is 0 Å². The summed E-state index contributed by atoms with van der Waals surface area (Å²) in [6.07, 6.45) is 3.29. The molecule has 1 aliphatic rings. The van der Waals surface area contributed by atoms with Crippen molar-refractivity contribution in [3.8, 4) is 0 Å². The van der Waals surface area contributed by atoms with E-state index in [4.69, 9.17) is 16.0 Å². The predicted molar refractivity (Wildman–Crippen MR) is 125 cm³/mol. The summed E-state index contributed by atoms with van der Waals surface area (Å²) in [5.41, 5.74) is 4.27. The maximum Gasteiger partial charge on any atom is 0.347 e. The van der Waals surface area contributed by atoms with Gasteiger partial charge in [-0.2, -0.15) is 5.10 Å². The fourth-order valence-corrected chi connectivity index (χ4v) is 4.91. The van der Waals surface area contributed by atoms with Crippen LogP contribution in [0.5, 0.6) is 0 Å². The van der Waals surface area contributed by atoms with Crippen molar-refractivity contribution in [2.24, 2.45) is 0 Å². The minimum Gasteiger partial charge on any atom is -0.422 e. The second-order valence-corrected chi connectivity index (χ2v) is 9.05. The van der Waals surface area contributed by atoms with Gasteiger partial charge >= 0.3 is 5.63 Å². The molecule has 0 aliphatic carbocycles. The van der Waals surface area contributed by atoms with Gasteiger partial charge in [-0.05, 0) is 68.0 Å². The van der Waals surface area contributed by atoms with Gasteiger partial charge in [-0.15, -0.1) is 0 Å². The number of piperidine rings is 1. The molecule has 0 radical (unpaired) electrons. The van der Waals surface area contributed by atoms with E-state index in [1.165, 1.54) is 17.3 Å². The van der Waals surface area contributed by atoms with Gasteiger partial charge in [0.05, 0.1) is 11.7 Å². The molecule has 4 aromatic rings. The van der Waals surface area contributed by atoms with E-state index in [0.717, 1.165) is 28.8 Å². The Labute approximate surface area is 190 Å². The zero-order valence-corrected chi connectivity index (χ0v) is 18.9. The van der Waals surface area contributed by atoms with Crippen molar-refractivity contribution in [1.82, 2.24) is 14.7 Å². The Morgan fingerprint density at radius 1 is 1.12 bits per heavy atom. The Morgan fingerprint density at radius 2 is 1.91 bits per heavy atom. The first-order valence-corrected chi connectivity index (χ1v) is 11.2. The van der Waals surface area contributed by atoms with Crippen LogP contribution in [0.25, 0.3) is 21.9 Å². The summed E-state index contributed by atoms with van der Waals surface area (Å²) in [5.74, 6) is 0.408. The minimum atomic E-state index is -0.437. The normalized spacial score (nSPS) is 15.0. The molecule has 0 saturated carbocycles. The van der Waals surface area contributed by atoms with E-state index in [2.05, 4.69) is 18.1 Å². The second-order valence-electron chi connectivity index (χ2n) is 8.61. The van der Waals surface area contributed by atoms with Crippen molar-refractivity contribution in [2.45, 2.75) is 39.2 Å². The lowest BCUT2D eigenvalue weighted by Crippen LogP contribution is -2.40. The monoisotopic (exact) mass is 449 g/mol. The lowest BCUT2D eigenvalue weighted by atomic mass is 9.87. The molecule has 0 N–H and O–H groups in total. The fraction of sp³-hybridized carbons (Fsp3) is 0.320. The number of halogens is 1. The molecule has 0 spiro atoms. The first-order valence-electron chi connectivity index (χ1n) is 10.8. The predicted octanol–water partition coefficient (Wildman–Crippen LogP) is 4.82. The third-order valence-corrected chi connectivity index (χ3v) is 6.70. The quantitative estimate of drug-likeness (QED) is 0.420. The molecule has 6 nitrogen and oxygen atoms in total. The Kier molecular flexibility index (Phi) is 5.25. The first-order chi connectivity index (χ1) is 15.4. The lowest BCUT2D eigenvalue weighted by molar-refractivity contribution is -0.133. The average molecular weight is 450 g/mol. The van der Waals surface area contributed by atoms with E-state index in [-0.39, 0.29) is 12.5 Å². The Bertz CT molecular complexity index is 1400. The van der Waals surface area contributed by atoms with Gasteiger partial charge in [0.15, 0.2) is 0 Å². The van der Waals surface area contributed by atoms with Crippen LogP contribution >= 0.6 is 11.6 Å². The third kappa shape index (κ3) is 3.69. The number of carbonyl (C=O) groups excluding carboxylic acids is 1. The van der Waals surface area contributed by atoms with E-state index in [1.54, 1.807) is 10.7 Å². The molecule has 32 heavy (non-hydrogen) atoms. The summed E-state index contributed by atoms with van der Waals surface area (Å²) in [4.78, 5) is 27.4. The van der Waals surface area contributed by atoms with Crippen LogP contribution in [0.15, 0.2) is 51.8 Å². The Balaban J connectivity index is 1.37. The first kappa shape index (κ1) is 20.8. The molecular weight excluding hydrogens is 426 g/mol. The highest BCUT2D eigenvalue weighted by Gasteiger charge is 2.26. The van der Waals surface area contributed by atoms with E-state index < -0.39 is 5.63 Å². The van der Waals surface area contributed by atoms with Crippen LogP contribution in [-0.2, 0) is 11.3 Å². The summed E-state index contributed by atoms with van der Waals surface area (Å²) >= 11 is 6.20. The van der Waals surface area contributed by atoms with E-state index in [0.29, 0.717) is 35.5 Å². The zero-order chi connectivity index (χ0) is 22.4. The molecule has 0 unspecified atom stereocenters. The largest absolute Gasteiger partial charge is 0.422 e. The van der Waals surface area contributed by atoms with Gasteiger partial charge in [-0.1, -0.05) is 29.3 Å². The molecule has 2 aromatic heterocycles. The number of aryl methyl sites for hydroxylation is 2. The Morgan fingerprint density at radius 3 is 2.69 bits per heavy atom.